The first kappa shape index (κ1) is 31.6. The maximum atomic E-state index is 14.1. The second-order valence-corrected chi connectivity index (χ2v) is 12.2. The summed E-state index contributed by atoms with van der Waals surface area (Å²) < 4.78 is 41.2. The minimum atomic E-state index is -4.48. The summed E-state index contributed by atoms with van der Waals surface area (Å²) in [5.74, 6) is -0.552. The van der Waals surface area contributed by atoms with E-state index >= 15 is 0 Å². The molecule has 2 N–H and O–H groups in total. The van der Waals surface area contributed by atoms with Gasteiger partial charge in [0.2, 0.25) is 5.95 Å². The lowest BCUT2D eigenvalue weighted by molar-refractivity contribution is -0.134. The first-order chi connectivity index (χ1) is 20.8. The Morgan fingerprint density at radius 1 is 1.05 bits per heavy atom. The molecular weight excluding hydrogens is 638 g/mol. The summed E-state index contributed by atoms with van der Waals surface area (Å²) in [4.78, 5) is 45.6. The summed E-state index contributed by atoms with van der Waals surface area (Å²) in [6.45, 7) is 3.50. The van der Waals surface area contributed by atoms with Crippen molar-refractivity contribution < 1.29 is 22.8 Å². The third kappa shape index (κ3) is 6.19. The minimum absolute atomic E-state index is 0.0154. The maximum Gasteiger partial charge on any atom is 0.425 e. The van der Waals surface area contributed by atoms with Gasteiger partial charge in [0.05, 0.1) is 34.0 Å². The van der Waals surface area contributed by atoms with Crippen LogP contribution in [0.25, 0.3) is 5.69 Å². The number of carbonyl (C=O) groups is 2. The zero-order valence-corrected chi connectivity index (χ0v) is 26.0. The molecule has 1 aliphatic rings. The third-order valence-electron chi connectivity index (χ3n) is 7.33. The number of hydrogen-bond acceptors (Lipinski definition) is 6. The van der Waals surface area contributed by atoms with E-state index in [2.05, 4.69) is 10.6 Å². The van der Waals surface area contributed by atoms with Crippen molar-refractivity contribution in [1.82, 2.24) is 19.8 Å². The van der Waals surface area contributed by atoms with Crippen LogP contribution in [0.15, 0.2) is 59.4 Å². The van der Waals surface area contributed by atoms with Gasteiger partial charge in [-0.2, -0.15) is 13.2 Å². The largest absolute Gasteiger partial charge is 0.425 e. The van der Waals surface area contributed by atoms with Crippen LogP contribution in [-0.2, 0) is 19.1 Å². The fourth-order valence-corrected chi connectivity index (χ4v) is 6.15. The van der Waals surface area contributed by atoms with Crippen LogP contribution in [0, 0.1) is 0 Å². The monoisotopic (exact) mass is 663 g/mol. The molecule has 3 heterocycles. The van der Waals surface area contributed by atoms with Crippen LogP contribution in [0.5, 0.6) is 0 Å². The molecule has 14 heteroatoms. The van der Waals surface area contributed by atoms with Crippen LogP contribution < -0.4 is 16.2 Å². The Kier molecular flexibility index (Phi) is 8.79. The van der Waals surface area contributed by atoms with Crippen molar-refractivity contribution in [3.8, 4) is 5.69 Å². The van der Waals surface area contributed by atoms with Crippen LogP contribution in [0.2, 0.25) is 10.0 Å². The lowest BCUT2D eigenvalue weighted by atomic mass is 9.98. The van der Waals surface area contributed by atoms with E-state index in [1.807, 2.05) is 6.92 Å². The first-order valence-corrected chi connectivity index (χ1v) is 15.0. The van der Waals surface area contributed by atoms with Gasteiger partial charge >= 0.3 is 6.18 Å². The van der Waals surface area contributed by atoms with E-state index in [9.17, 15) is 27.6 Å². The number of anilines is 1. The number of aromatic nitrogens is 2. The van der Waals surface area contributed by atoms with E-state index in [1.165, 1.54) is 29.8 Å². The summed E-state index contributed by atoms with van der Waals surface area (Å²) in [7, 11) is 1.50. The molecule has 2 amide bonds. The van der Waals surface area contributed by atoms with Crippen molar-refractivity contribution in [3.05, 3.63) is 107 Å². The molecule has 8 nitrogen and oxygen atoms in total. The van der Waals surface area contributed by atoms with Crippen LogP contribution in [0.3, 0.4) is 0 Å². The summed E-state index contributed by atoms with van der Waals surface area (Å²) in [5.41, 5.74) is 1.46. The Labute approximate surface area is 264 Å². The molecule has 2 aromatic heterocycles. The molecule has 2 aromatic carbocycles. The summed E-state index contributed by atoms with van der Waals surface area (Å²) in [5, 5.41) is 6.19. The lowest BCUT2D eigenvalue weighted by Crippen LogP contribution is -2.46. The van der Waals surface area contributed by atoms with Crippen molar-refractivity contribution in [1.29, 1.82) is 0 Å². The molecular formula is C30H26Cl2F3N5O3S. The summed E-state index contributed by atoms with van der Waals surface area (Å²) in [6.07, 6.45) is -4.28. The van der Waals surface area contributed by atoms with E-state index in [-0.39, 0.29) is 41.8 Å². The molecule has 1 unspecified atom stereocenters. The Morgan fingerprint density at radius 2 is 1.73 bits per heavy atom. The molecule has 0 fully saturated rings. The highest BCUT2D eigenvalue weighted by Crippen LogP contribution is 2.37. The number of rotatable bonds is 6. The first-order valence-electron chi connectivity index (χ1n) is 13.4. The number of nitrogens with one attached hydrogen (secondary N) is 2. The van der Waals surface area contributed by atoms with Gasteiger partial charge in [-0.1, -0.05) is 23.2 Å². The second-order valence-electron chi connectivity index (χ2n) is 10.3. The number of benzene rings is 2. The second kappa shape index (κ2) is 12.3. The predicted octanol–water partition coefficient (Wildman–Crippen LogP) is 6.74. The van der Waals surface area contributed by atoms with Crippen LogP contribution >= 0.6 is 34.5 Å². The molecule has 2 atom stereocenters. The minimum Gasteiger partial charge on any atom is -0.355 e. The predicted molar refractivity (Wildman–Crippen MR) is 164 cm³/mol. The van der Waals surface area contributed by atoms with Crippen molar-refractivity contribution >= 4 is 52.3 Å². The average Bonchev–Trinajstić information content (AvgIpc) is 3.50. The fraction of sp³-hybridized carbons (Fsp3) is 0.267. The third-order valence-corrected chi connectivity index (χ3v) is 9.39. The van der Waals surface area contributed by atoms with E-state index in [1.54, 1.807) is 42.2 Å². The molecule has 0 saturated heterocycles. The Morgan fingerprint density at radius 3 is 2.34 bits per heavy atom. The number of hydrogen-bond donors (Lipinski definition) is 2. The zero-order valence-electron chi connectivity index (χ0n) is 23.6. The topological polar surface area (TPSA) is 96.3 Å². The molecule has 44 heavy (non-hydrogen) atoms. The Bertz CT molecular complexity index is 1810. The van der Waals surface area contributed by atoms with Gasteiger partial charge in [0.25, 0.3) is 17.4 Å². The van der Waals surface area contributed by atoms with E-state index in [4.69, 9.17) is 28.2 Å². The summed E-state index contributed by atoms with van der Waals surface area (Å²) >= 11 is 12.8. The number of alkyl halides is 3. The van der Waals surface area contributed by atoms with Crippen LogP contribution in [-0.4, -0.2) is 39.4 Å². The molecule has 0 radical (unpaired) electrons. The Balaban J connectivity index is 1.57. The van der Waals surface area contributed by atoms with Crippen molar-refractivity contribution in [2.45, 2.75) is 45.1 Å². The molecule has 4 aromatic rings. The highest BCUT2D eigenvalue weighted by atomic mass is 35.5. The maximum absolute atomic E-state index is 14.1. The lowest BCUT2D eigenvalue weighted by Gasteiger charge is -2.35. The van der Waals surface area contributed by atoms with Gasteiger partial charge in [0.15, 0.2) is 0 Å². The molecule has 1 aliphatic heterocycles. The normalized spacial score (nSPS) is 15.5. The fourth-order valence-electron chi connectivity index (χ4n) is 4.97. The van der Waals surface area contributed by atoms with Crippen LogP contribution in [0.4, 0.5) is 19.1 Å². The number of nitrogens with zero attached hydrogens (tertiary/aromatic N) is 3. The standard InChI is InChI=1S/C30H26Cl2F3N5O3S/c1-15-12-20-23(14-39(15)27(42)18-6-9-21(31)22(32)13-18)38-29(37-16(2)24-10-11-25(44-24)30(33,34)35)40(28(20)43)19-7-4-17(5-8-19)26(41)36-3/h4-11,13,15-16H,12,14H2,1-3H3,(H,36,41)(H,37,38)/t15-,16?/m1/s1. The molecule has 0 saturated carbocycles. The van der Waals surface area contributed by atoms with Crippen molar-refractivity contribution in [2.24, 2.45) is 0 Å². The highest BCUT2D eigenvalue weighted by Gasteiger charge is 2.34. The van der Waals surface area contributed by atoms with Gasteiger partial charge in [-0.15, -0.1) is 11.3 Å². The average molecular weight is 665 g/mol. The quantitative estimate of drug-likeness (QED) is 0.238. The van der Waals surface area contributed by atoms with E-state index < -0.39 is 22.7 Å². The number of carbonyl (C=O) groups excluding carboxylic acids is 2. The number of halogens is 5. The van der Waals surface area contributed by atoms with Gasteiger partial charge < -0.3 is 15.5 Å². The number of fused-ring (bicyclic) bond motifs is 1. The van der Waals surface area contributed by atoms with Crippen LogP contribution in [0.1, 0.15) is 61.6 Å². The molecule has 0 spiro atoms. The highest BCUT2D eigenvalue weighted by molar-refractivity contribution is 7.12. The number of thiophene rings is 1. The number of amides is 2. The van der Waals surface area contributed by atoms with Gasteiger partial charge in [-0.05, 0) is 74.9 Å². The van der Waals surface area contributed by atoms with Gasteiger partial charge in [0, 0.05) is 34.7 Å². The Hall–Kier alpha value is -3.87. The summed E-state index contributed by atoms with van der Waals surface area (Å²) in [6, 6.07) is 12.2. The van der Waals surface area contributed by atoms with Gasteiger partial charge in [-0.25, -0.2) is 9.55 Å². The van der Waals surface area contributed by atoms with E-state index in [0.717, 1.165) is 6.07 Å². The molecule has 5 rings (SSSR count). The van der Waals surface area contributed by atoms with E-state index in [0.29, 0.717) is 49.3 Å². The molecule has 0 aliphatic carbocycles. The van der Waals surface area contributed by atoms with Crippen molar-refractivity contribution in [2.75, 3.05) is 12.4 Å². The molecule has 0 bridgehead atoms. The SMILES string of the molecule is CNC(=O)c1ccc(-n2c(NC(C)c3ccc(C(F)(F)F)s3)nc3c(c2=O)C[C@@H](C)N(C(=O)c2ccc(Cl)c(Cl)c2)C3)cc1. The van der Waals surface area contributed by atoms with Crippen molar-refractivity contribution in [3.63, 3.8) is 0 Å². The van der Waals surface area contributed by atoms with Gasteiger partial charge in [0.1, 0.15) is 4.88 Å². The zero-order chi connectivity index (χ0) is 31.9. The molecule has 230 valence electrons. The van der Waals surface area contributed by atoms with Gasteiger partial charge in [-0.3, -0.25) is 14.4 Å². The smallest absolute Gasteiger partial charge is 0.355 e.